The van der Waals surface area contributed by atoms with Crippen LogP contribution in [0.5, 0.6) is 5.75 Å². The lowest BCUT2D eigenvalue weighted by molar-refractivity contribution is -0.157. The van der Waals surface area contributed by atoms with E-state index in [-0.39, 0.29) is 5.75 Å². The van der Waals surface area contributed by atoms with E-state index in [1.54, 1.807) is 60.7 Å². The van der Waals surface area contributed by atoms with E-state index in [4.69, 9.17) is 9.47 Å². The maximum atomic E-state index is 13.1. The molecule has 1 heterocycles. The van der Waals surface area contributed by atoms with Crippen LogP contribution < -0.4 is 4.74 Å². The van der Waals surface area contributed by atoms with Crippen molar-refractivity contribution in [1.82, 2.24) is 0 Å². The van der Waals surface area contributed by atoms with E-state index >= 15 is 0 Å². The zero-order valence-corrected chi connectivity index (χ0v) is 16.4. The van der Waals surface area contributed by atoms with Crippen molar-refractivity contribution in [3.05, 3.63) is 101 Å². The lowest BCUT2D eigenvalue weighted by atomic mass is 9.78. The van der Waals surface area contributed by atoms with Gasteiger partial charge in [0.2, 0.25) is 5.60 Å². The van der Waals surface area contributed by atoms with E-state index in [0.29, 0.717) is 11.1 Å². The van der Waals surface area contributed by atoms with E-state index in [2.05, 4.69) is 0 Å². The average Bonchev–Trinajstić information content (AvgIpc) is 3.04. The Hall–Kier alpha value is -4.46. The van der Waals surface area contributed by atoms with Gasteiger partial charge in [0.15, 0.2) is 0 Å². The highest BCUT2D eigenvalue weighted by Crippen LogP contribution is 2.47. The molecule has 0 aromatic heterocycles. The average molecular weight is 432 g/mol. The first-order valence-corrected chi connectivity index (χ1v) is 9.51. The van der Waals surface area contributed by atoms with Crippen molar-refractivity contribution < 1.29 is 38.9 Å². The highest BCUT2D eigenvalue weighted by molar-refractivity contribution is 6.05. The van der Waals surface area contributed by atoms with Crippen LogP contribution in [-0.4, -0.2) is 34.1 Å². The van der Waals surface area contributed by atoms with Crippen molar-refractivity contribution in [2.45, 2.75) is 11.5 Å². The Labute approximate surface area is 181 Å². The normalized spacial score (nSPS) is 19.9. The van der Waals surface area contributed by atoms with Crippen molar-refractivity contribution in [3.63, 3.8) is 0 Å². The van der Waals surface area contributed by atoms with Gasteiger partial charge in [0, 0.05) is 5.56 Å². The largest absolute Gasteiger partial charge is 0.478 e. The predicted octanol–water partition coefficient (Wildman–Crippen LogP) is 3.22. The summed E-state index contributed by atoms with van der Waals surface area (Å²) in [4.78, 5) is 48.9. The molecule has 4 rings (SSSR count). The summed E-state index contributed by atoms with van der Waals surface area (Å²) in [5.74, 6) is -5.96. The summed E-state index contributed by atoms with van der Waals surface area (Å²) in [6.07, 6.45) is 0. The van der Waals surface area contributed by atoms with Crippen LogP contribution in [0.25, 0.3) is 0 Å². The summed E-state index contributed by atoms with van der Waals surface area (Å²) < 4.78 is 11.1. The molecule has 3 aromatic carbocycles. The van der Waals surface area contributed by atoms with E-state index < -0.39 is 46.5 Å². The third kappa shape index (κ3) is 3.37. The molecule has 0 bridgehead atoms. The van der Waals surface area contributed by atoms with Crippen LogP contribution in [0.15, 0.2) is 78.9 Å². The Bertz CT molecular complexity index is 1220. The SMILES string of the molecule is O=C(O)c1ccc(OC2(c3ccccc3)C(=O)OC(=O)C2c2ccccc2)cc1C(=O)O. The summed E-state index contributed by atoms with van der Waals surface area (Å²) in [6.45, 7) is 0. The minimum absolute atomic E-state index is 0.108. The van der Waals surface area contributed by atoms with E-state index in [1.807, 2.05) is 0 Å². The molecule has 2 atom stereocenters. The zero-order chi connectivity index (χ0) is 22.9. The van der Waals surface area contributed by atoms with Gasteiger partial charge in [0.1, 0.15) is 11.7 Å². The van der Waals surface area contributed by atoms with E-state index in [1.165, 1.54) is 6.07 Å². The number of cyclic esters (lactones) is 2. The molecule has 0 amide bonds. The quantitative estimate of drug-likeness (QED) is 0.449. The van der Waals surface area contributed by atoms with Gasteiger partial charge in [-0.25, -0.2) is 14.4 Å². The number of esters is 2. The maximum absolute atomic E-state index is 13.1. The first-order chi connectivity index (χ1) is 15.3. The van der Waals surface area contributed by atoms with Crippen molar-refractivity contribution in [2.24, 2.45) is 0 Å². The zero-order valence-electron chi connectivity index (χ0n) is 16.4. The van der Waals surface area contributed by atoms with Gasteiger partial charge in [0.25, 0.3) is 0 Å². The van der Waals surface area contributed by atoms with Crippen LogP contribution in [0.2, 0.25) is 0 Å². The summed E-state index contributed by atoms with van der Waals surface area (Å²) >= 11 is 0. The number of carbonyl (C=O) groups excluding carboxylic acids is 2. The number of rotatable bonds is 6. The summed E-state index contributed by atoms with van der Waals surface area (Å²) in [7, 11) is 0. The molecule has 3 aromatic rings. The fraction of sp³-hybridized carbons (Fsp3) is 0.0833. The number of carbonyl (C=O) groups is 4. The smallest absolute Gasteiger partial charge is 0.364 e. The van der Waals surface area contributed by atoms with Crippen LogP contribution >= 0.6 is 0 Å². The molecule has 1 aliphatic heterocycles. The van der Waals surface area contributed by atoms with Crippen LogP contribution in [0.3, 0.4) is 0 Å². The lowest BCUT2D eigenvalue weighted by Gasteiger charge is -2.31. The molecule has 8 heteroatoms. The molecule has 8 nitrogen and oxygen atoms in total. The second-order valence-electron chi connectivity index (χ2n) is 7.07. The molecule has 0 saturated carbocycles. The third-order valence-electron chi connectivity index (χ3n) is 5.21. The number of carboxylic acids is 2. The molecular formula is C24H16O8. The monoisotopic (exact) mass is 432 g/mol. The summed E-state index contributed by atoms with van der Waals surface area (Å²) in [6, 6.07) is 20.0. The molecule has 2 N–H and O–H groups in total. The molecule has 1 fully saturated rings. The van der Waals surface area contributed by atoms with Crippen LogP contribution in [-0.2, 0) is 19.9 Å². The number of benzene rings is 3. The minimum Gasteiger partial charge on any atom is -0.478 e. The molecular weight excluding hydrogens is 416 g/mol. The molecule has 0 spiro atoms. The second-order valence-corrected chi connectivity index (χ2v) is 7.07. The van der Waals surface area contributed by atoms with Crippen LogP contribution in [0.4, 0.5) is 0 Å². The van der Waals surface area contributed by atoms with Crippen LogP contribution in [0, 0.1) is 0 Å². The van der Waals surface area contributed by atoms with Crippen molar-refractivity contribution in [3.8, 4) is 5.75 Å². The lowest BCUT2D eigenvalue weighted by Crippen LogP contribution is -2.43. The van der Waals surface area contributed by atoms with Gasteiger partial charge in [-0.05, 0) is 23.8 Å². The number of hydrogen-bond donors (Lipinski definition) is 2. The topological polar surface area (TPSA) is 127 Å². The Morgan fingerprint density at radius 3 is 2.00 bits per heavy atom. The van der Waals surface area contributed by atoms with Crippen molar-refractivity contribution in [1.29, 1.82) is 0 Å². The molecule has 32 heavy (non-hydrogen) atoms. The summed E-state index contributed by atoms with van der Waals surface area (Å²) in [5, 5.41) is 18.7. The number of ether oxygens (including phenoxy) is 2. The molecule has 0 radical (unpaired) electrons. The minimum atomic E-state index is -1.94. The first-order valence-electron chi connectivity index (χ1n) is 9.51. The van der Waals surface area contributed by atoms with Crippen molar-refractivity contribution >= 4 is 23.9 Å². The highest BCUT2D eigenvalue weighted by Gasteiger charge is 2.62. The van der Waals surface area contributed by atoms with Gasteiger partial charge in [-0.1, -0.05) is 60.7 Å². The third-order valence-corrected chi connectivity index (χ3v) is 5.21. The van der Waals surface area contributed by atoms with Crippen molar-refractivity contribution in [2.75, 3.05) is 0 Å². The van der Waals surface area contributed by atoms with Crippen LogP contribution in [0.1, 0.15) is 37.8 Å². The first kappa shape index (κ1) is 20.8. The number of hydrogen-bond acceptors (Lipinski definition) is 6. The van der Waals surface area contributed by atoms with Gasteiger partial charge in [-0.3, -0.25) is 4.79 Å². The Kier molecular flexibility index (Phi) is 5.19. The molecule has 1 aliphatic rings. The number of aromatic carboxylic acids is 2. The molecule has 2 unspecified atom stereocenters. The predicted molar refractivity (Wildman–Crippen MR) is 109 cm³/mol. The van der Waals surface area contributed by atoms with Gasteiger partial charge in [-0.15, -0.1) is 0 Å². The maximum Gasteiger partial charge on any atom is 0.364 e. The Morgan fingerprint density at radius 1 is 0.812 bits per heavy atom. The highest BCUT2D eigenvalue weighted by atomic mass is 16.6. The Balaban J connectivity index is 1.92. The molecule has 1 saturated heterocycles. The van der Waals surface area contributed by atoms with Gasteiger partial charge in [-0.2, -0.15) is 0 Å². The molecule has 0 aliphatic carbocycles. The van der Waals surface area contributed by atoms with Gasteiger partial charge >= 0.3 is 23.9 Å². The summed E-state index contributed by atoms with van der Waals surface area (Å²) in [5.41, 5.74) is -2.12. The fourth-order valence-electron chi connectivity index (χ4n) is 3.79. The van der Waals surface area contributed by atoms with Gasteiger partial charge in [0.05, 0.1) is 11.1 Å². The number of carboxylic acid groups (broad SMARTS) is 2. The standard InChI is InChI=1S/C24H16O8/c25-20(26)17-12-11-16(13-18(17)21(27)28)32-24(15-9-5-2-6-10-15)19(22(29)31-23(24)30)14-7-3-1-4-8-14/h1-13,19H,(H,25,26)(H,27,28). The van der Waals surface area contributed by atoms with Gasteiger partial charge < -0.3 is 19.7 Å². The fourth-order valence-corrected chi connectivity index (χ4v) is 3.79. The van der Waals surface area contributed by atoms with E-state index in [0.717, 1.165) is 12.1 Å². The molecule has 160 valence electrons. The second kappa shape index (κ2) is 7.99. The Morgan fingerprint density at radius 2 is 1.41 bits per heavy atom. The van der Waals surface area contributed by atoms with E-state index in [9.17, 15) is 29.4 Å².